The second kappa shape index (κ2) is 7.61. The van der Waals surface area contributed by atoms with Crippen LogP contribution in [-0.2, 0) is 42.3 Å². The van der Waals surface area contributed by atoms with E-state index in [9.17, 15) is 18.5 Å². The third-order valence-electron chi connectivity index (χ3n) is 7.66. The highest BCUT2D eigenvalue weighted by molar-refractivity contribution is 7.89. The number of hydrogen-bond donors (Lipinski definition) is 2. The van der Waals surface area contributed by atoms with E-state index >= 15 is 0 Å². The number of hydrogen-bond acceptors (Lipinski definition) is 6. The molecule has 2 N–H and O–H groups in total. The van der Waals surface area contributed by atoms with Crippen molar-refractivity contribution in [3.63, 3.8) is 0 Å². The molecular formula is C24H26N4O4S. The van der Waals surface area contributed by atoms with Gasteiger partial charge >= 0.3 is 6.03 Å². The maximum absolute atomic E-state index is 13.0. The standard InChI is InChI=1S/C24H26N4O4S/c25-12-20-16-3-1-5-18(16)22(19-6-2-4-17(19)20)26-24(29)27-33(30,31)21-11-15-13-28-9-7-14(8-10-28)23(15)32-21/h11,14H,1-10,13H2,(H2,26,27,29). The Labute approximate surface area is 193 Å². The van der Waals surface area contributed by atoms with Gasteiger partial charge in [-0.15, -0.1) is 0 Å². The SMILES string of the molecule is N#Cc1c2c(c(NC(=O)NS(=O)(=O)c3cc4c(o3)C3CCN(CC3)C4)c3c1CCC3)CCC2. The number of carbonyl (C=O) groups is 1. The van der Waals surface area contributed by atoms with Gasteiger partial charge in [-0.05, 0) is 86.7 Å². The van der Waals surface area contributed by atoms with Gasteiger partial charge in [0.2, 0.25) is 5.09 Å². The summed E-state index contributed by atoms with van der Waals surface area (Å²) in [6, 6.07) is 3.14. The summed E-state index contributed by atoms with van der Waals surface area (Å²) >= 11 is 0. The van der Waals surface area contributed by atoms with Gasteiger partial charge in [0.1, 0.15) is 5.76 Å². The third kappa shape index (κ3) is 3.35. The summed E-state index contributed by atoms with van der Waals surface area (Å²) in [5.41, 5.74) is 6.34. The van der Waals surface area contributed by atoms with Crippen LogP contribution in [0, 0.1) is 11.3 Å². The van der Waals surface area contributed by atoms with Crippen LogP contribution in [0.3, 0.4) is 0 Å². The van der Waals surface area contributed by atoms with Gasteiger partial charge in [-0.2, -0.15) is 13.7 Å². The number of nitrogens with one attached hydrogen (secondary N) is 2. The minimum absolute atomic E-state index is 0.202. The fourth-order valence-corrected chi connectivity index (χ4v) is 7.06. The Morgan fingerprint density at radius 1 is 1.06 bits per heavy atom. The summed E-state index contributed by atoms with van der Waals surface area (Å²) in [6.07, 6.45) is 6.97. The van der Waals surface area contributed by atoms with Crippen molar-refractivity contribution in [2.24, 2.45) is 0 Å². The van der Waals surface area contributed by atoms with Gasteiger partial charge in [0.25, 0.3) is 10.0 Å². The lowest BCUT2D eigenvalue weighted by Gasteiger charge is -2.26. The first-order valence-corrected chi connectivity index (χ1v) is 13.2. The number of piperidine rings is 1. The van der Waals surface area contributed by atoms with Gasteiger partial charge in [-0.1, -0.05) is 0 Å². The smallest absolute Gasteiger partial charge is 0.333 e. The molecule has 172 valence electrons. The average Bonchev–Trinajstić information content (AvgIpc) is 3.51. The van der Waals surface area contributed by atoms with Crippen LogP contribution >= 0.6 is 0 Å². The Kier molecular flexibility index (Phi) is 4.78. The lowest BCUT2D eigenvalue weighted by Crippen LogP contribution is -2.35. The van der Waals surface area contributed by atoms with Crippen molar-refractivity contribution < 1.29 is 17.6 Å². The first kappa shape index (κ1) is 20.8. The van der Waals surface area contributed by atoms with E-state index in [4.69, 9.17) is 4.42 Å². The molecule has 33 heavy (non-hydrogen) atoms. The molecule has 2 aromatic rings. The molecule has 1 aromatic carbocycles. The summed E-state index contributed by atoms with van der Waals surface area (Å²) in [4.78, 5) is 15.2. The molecule has 0 spiro atoms. The molecule has 0 unspecified atom stereocenters. The maximum atomic E-state index is 13.0. The molecule has 3 aliphatic heterocycles. The molecule has 0 saturated carbocycles. The monoisotopic (exact) mass is 466 g/mol. The van der Waals surface area contributed by atoms with Crippen molar-refractivity contribution in [2.45, 2.75) is 68.9 Å². The topological polar surface area (TPSA) is 115 Å². The lowest BCUT2D eigenvalue weighted by molar-refractivity contribution is 0.212. The molecule has 1 fully saturated rings. The average molecular weight is 467 g/mol. The number of urea groups is 1. The van der Waals surface area contributed by atoms with Crippen LogP contribution in [0.25, 0.3) is 0 Å². The van der Waals surface area contributed by atoms with Crippen LogP contribution < -0.4 is 10.0 Å². The fourth-order valence-electron chi connectivity index (χ4n) is 6.16. The zero-order valence-corrected chi connectivity index (χ0v) is 19.2. The molecule has 8 nitrogen and oxygen atoms in total. The van der Waals surface area contributed by atoms with E-state index in [1.54, 1.807) is 6.07 Å². The van der Waals surface area contributed by atoms with Crippen molar-refractivity contribution >= 4 is 21.7 Å². The van der Waals surface area contributed by atoms with Gasteiger partial charge < -0.3 is 9.73 Å². The summed E-state index contributed by atoms with van der Waals surface area (Å²) in [7, 11) is -4.14. The van der Waals surface area contributed by atoms with Gasteiger partial charge in [-0.25, -0.2) is 9.52 Å². The molecule has 2 amide bonds. The second-order valence-corrected chi connectivity index (χ2v) is 11.2. The molecular weight excluding hydrogens is 440 g/mol. The van der Waals surface area contributed by atoms with Crippen LogP contribution in [0.15, 0.2) is 15.6 Å². The Morgan fingerprint density at radius 2 is 1.70 bits per heavy atom. The molecule has 0 radical (unpaired) electrons. The van der Waals surface area contributed by atoms with E-state index < -0.39 is 16.1 Å². The minimum Gasteiger partial charge on any atom is -0.447 e. The molecule has 2 aliphatic carbocycles. The molecule has 4 heterocycles. The molecule has 7 rings (SSSR count). The molecule has 5 aliphatic rings. The summed E-state index contributed by atoms with van der Waals surface area (Å²) in [5, 5.41) is 12.3. The van der Waals surface area contributed by atoms with Crippen molar-refractivity contribution in [1.29, 1.82) is 5.26 Å². The number of nitrogens with zero attached hydrogens (tertiary/aromatic N) is 2. The van der Waals surface area contributed by atoms with Crippen LogP contribution in [0.2, 0.25) is 0 Å². The Balaban J connectivity index is 1.27. The predicted octanol–water partition coefficient (Wildman–Crippen LogP) is 3.33. The fraction of sp³-hybridized carbons (Fsp3) is 0.500. The van der Waals surface area contributed by atoms with Gasteiger partial charge in [0.05, 0.1) is 11.6 Å². The Bertz CT molecular complexity index is 1280. The van der Waals surface area contributed by atoms with Crippen molar-refractivity contribution in [1.82, 2.24) is 9.62 Å². The van der Waals surface area contributed by atoms with Crippen LogP contribution in [0.5, 0.6) is 0 Å². The number of sulfonamides is 1. The van der Waals surface area contributed by atoms with E-state index in [1.165, 1.54) is 0 Å². The first-order valence-electron chi connectivity index (χ1n) is 11.7. The predicted molar refractivity (Wildman–Crippen MR) is 121 cm³/mol. The Morgan fingerprint density at radius 3 is 2.33 bits per heavy atom. The molecule has 1 aromatic heterocycles. The number of rotatable bonds is 3. The highest BCUT2D eigenvalue weighted by Crippen LogP contribution is 2.42. The zero-order chi connectivity index (χ0) is 22.7. The maximum Gasteiger partial charge on any atom is 0.333 e. The first-order chi connectivity index (χ1) is 15.9. The Hall–Kier alpha value is -2.83. The molecule has 9 heteroatoms. The number of carbonyl (C=O) groups excluding carboxylic acids is 1. The number of nitriles is 1. The van der Waals surface area contributed by atoms with Gasteiger partial charge in [0, 0.05) is 29.8 Å². The van der Waals surface area contributed by atoms with E-state index in [1.807, 2.05) is 0 Å². The number of fused-ring (bicyclic) bond motifs is 4. The van der Waals surface area contributed by atoms with Crippen molar-refractivity contribution in [2.75, 3.05) is 18.4 Å². The minimum atomic E-state index is -4.14. The largest absolute Gasteiger partial charge is 0.447 e. The summed E-state index contributed by atoms with van der Waals surface area (Å²) < 4.78 is 33.9. The van der Waals surface area contributed by atoms with E-state index in [-0.39, 0.29) is 11.0 Å². The van der Waals surface area contributed by atoms with Gasteiger partial charge in [-0.3, -0.25) is 4.90 Å². The van der Waals surface area contributed by atoms with Gasteiger partial charge in [0.15, 0.2) is 0 Å². The second-order valence-electron chi connectivity index (χ2n) is 9.55. The molecule has 2 bridgehead atoms. The number of benzene rings is 1. The van der Waals surface area contributed by atoms with Crippen molar-refractivity contribution in [3.8, 4) is 6.07 Å². The number of amides is 2. The quantitative estimate of drug-likeness (QED) is 0.717. The van der Waals surface area contributed by atoms with Crippen LogP contribution in [-0.4, -0.2) is 32.4 Å². The van der Waals surface area contributed by atoms with Crippen molar-refractivity contribution in [3.05, 3.63) is 45.2 Å². The van der Waals surface area contributed by atoms with Crippen LogP contribution in [0.4, 0.5) is 10.5 Å². The van der Waals surface area contributed by atoms with Crippen LogP contribution in [0.1, 0.15) is 70.7 Å². The number of furan rings is 1. The normalized spacial score (nSPS) is 22.8. The highest BCUT2D eigenvalue weighted by Gasteiger charge is 2.34. The molecule has 0 atom stereocenters. The van der Waals surface area contributed by atoms with E-state index in [0.29, 0.717) is 12.2 Å². The van der Waals surface area contributed by atoms with E-state index in [0.717, 1.165) is 104 Å². The van der Waals surface area contributed by atoms with E-state index in [2.05, 4.69) is 21.0 Å². The third-order valence-corrected chi connectivity index (χ3v) is 8.84. The molecule has 1 saturated heterocycles. The zero-order valence-electron chi connectivity index (χ0n) is 18.4. The number of anilines is 1. The lowest BCUT2D eigenvalue weighted by atomic mass is 9.93. The summed E-state index contributed by atoms with van der Waals surface area (Å²) in [6.45, 7) is 2.67. The highest BCUT2D eigenvalue weighted by atomic mass is 32.2. The summed E-state index contributed by atoms with van der Waals surface area (Å²) in [5.74, 6) is 0.985.